The van der Waals surface area contributed by atoms with Crippen LogP contribution in [0, 0.1) is 6.92 Å². The maximum absolute atomic E-state index is 5.96. The molecule has 0 unspecified atom stereocenters. The fraction of sp³-hybridized carbons (Fsp3) is 0.333. The van der Waals surface area contributed by atoms with Gasteiger partial charge in [0.25, 0.3) is 0 Å². The Labute approximate surface area is 81.4 Å². The number of halogens is 1. The molecule has 0 fully saturated rings. The molecule has 0 aliphatic carbocycles. The summed E-state index contributed by atoms with van der Waals surface area (Å²) >= 11 is 5.96. The fourth-order valence-electron chi connectivity index (χ4n) is 1.30. The van der Waals surface area contributed by atoms with Crippen LogP contribution in [0.4, 0.5) is 0 Å². The van der Waals surface area contributed by atoms with Crippen molar-refractivity contribution in [1.82, 2.24) is 14.4 Å². The highest BCUT2D eigenvalue weighted by molar-refractivity contribution is 6.32. The van der Waals surface area contributed by atoms with Crippen LogP contribution in [0.1, 0.15) is 18.3 Å². The highest BCUT2D eigenvalue weighted by atomic mass is 35.5. The molecule has 3 nitrogen and oxygen atoms in total. The van der Waals surface area contributed by atoms with Gasteiger partial charge in [-0.3, -0.25) is 0 Å². The largest absolute Gasteiger partial charge is 0.302 e. The zero-order valence-electron chi connectivity index (χ0n) is 7.58. The highest BCUT2D eigenvalue weighted by Gasteiger charge is 2.05. The van der Waals surface area contributed by atoms with E-state index in [1.54, 1.807) is 0 Å². The van der Waals surface area contributed by atoms with Crippen molar-refractivity contribution in [3.8, 4) is 0 Å². The molecule has 0 aromatic carbocycles. The van der Waals surface area contributed by atoms with Gasteiger partial charge >= 0.3 is 0 Å². The minimum Gasteiger partial charge on any atom is -0.302 e. The van der Waals surface area contributed by atoms with Crippen LogP contribution in [0.15, 0.2) is 12.4 Å². The van der Waals surface area contributed by atoms with E-state index in [2.05, 4.69) is 9.97 Å². The lowest BCUT2D eigenvalue weighted by Gasteiger charge is -1.99. The molecule has 0 saturated heterocycles. The maximum atomic E-state index is 5.96. The zero-order valence-corrected chi connectivity index (χ0v) is 8.34. The Morgan fingerprint density at radius 1 is 1.38 bits per heavy atom. The second-order valence-electron chi connectivity index (χ2n) is 2.99. The first-order valence-electron chi connectivity index (χ1n) is 4.21. The third-order valence-corrected chi connectivity index (χ3v) is 2.18. The quantitative estimate of drug-likeness (QED) is 0.699. The van der Waals surface area contributed by atoms with E-state index < -0.39 is 0 Å². The molecular formula is C9H10ClN3. The summed E-state index contributed by atoms with van der Waals surface area (Å²) in [6.07, 6.45) is 4.79. The van der Waals surface area contributed by atoms with Crippen LogP contribution in [0.3, 0.4) is 0 Å². The first-order chi connectivity index (χ1) is 6.20. The van der Waals surface area contributed by atoms with Gasteiger partial charge in [-0.1, -0.05) is 18.5 Å². The van der Waals surface area contributed by atoms with Crippen LogP contribution in [0.2, 0.25) is 5.15 Å². The van der Waals surface area contributed by atoms with Crippen molar-refractivity contribution in [3.05, 3.63) is 28.9 Å². The number of rotatable bonds is 1. The molecule has 0 aliphatic heterocycles. The van der Waals surface area contributed by atoms with Gasteiger partial charge < -0.3 is 4.40 Å². The van der Waals surface area contributed by atoms with E-state index in [9.17, 15) is 0 Å². The number of nitrogens with zero attached hydrogens (tertiary/aromatic N) is 3. The Morgan fingerprint density at radius 2 is 2.15 bits per heavy atom. The summed E-state index contributed by atoms with van der Waals surface area (Å²) in [6.45, 7) is 3.99. The van der Waals surface area contributed by atoms with Gasteiger partial charge in [0.1, 0.15) is 0 Å². The standard InChI is InChI=1S/C9H10ClN3/c1-3-7-5-13-4-6(2)11-9(13)8(10)12-7/h4-5H,3H2,1-2H3. The molecule has 0 bridgehead atoms. The zero-order chi connectivity index (χ0) is 9.42. The molecule has 0 N–H and O–H groups in total. The lowest BCUT2D eigenvalue weighted by Crippen LogP contribution is -1.93. The molecule has 0 atom stereocenters. The first-order valence-corrected chi connectivity index (χ1v) is 4.59. The van der Waals surface area contributed by atoms with Crippen molar-refractivity contribution in [2.24, 2.45) is 0 Å². The number of hydrogen-bond donors (Lipinski definition) is 0. The molecule has 0 saturated carbocycles. The summed E-state index contributed by atoms with van der Waals surface area (Å²) < 4.78 is 1.92. The summed E-state index contributed by atoms with van der Waals surface area (Å²) in [5, 5.41) is 0.479. The Bertz CT molecular complexity index is 447. The van der Waals surface area contributed by atoms with Crippen molar-refractivity contribution in [1.29, 1.82) is 0 Å². The second kappa shape index (κ2) is 3.00. The van der Waals surface area contributed by atoms with Crippen molar-refractivity contribution in [3.63, 3.8) is 0 Å². The van der Waals surface area contributed by atoms with E-state index in [1.165, 1.54) is 0 Å². The monoisotopic (exact) mass is 195 g/mol. The SMILES string of the molecule is CCc1cn2cc(C)nc2c(Cl)n1. The number of aromatic nitrogens is 3. The van der Waals surface area contributed by atoms with E-state index >= 15 is 0 Å². The Kier molecular flexibility index (Phi) is 1.96. The van der Waals surface area contributed by atoms with Gasteiger partial charge in [0.2, 0.25) is 0 Å². The molecule has 2 heterocycles. The van der Waals surface area contributed by atoms with Crippen LogP contribution in [0.5, 0.6) is 0 Å². The fourth-order valence-corrected chi connectivity index (χ4v) is 1.55. The van der Waals surface area contributed by atoms with Crippen LogP contribution >= 0.6 is 11.6 Å². The van der Waals surface area contributed by atoms with E-state index in [0.29, 0.717) is 5.15 Å². The maximum Gasteiger partial charge on any atom is 0.175 e. The summed E-state index contributed by atoms with van der Waals surface area (Å²) in [5.74, 6) is 0. The average Bonchev–Trinajstić information content (AvgIpc) is 2.46. The Balaban J connectivity index is 2.75. The molecule has 2 aromatic heterocycles. The van der Waals surface area contributed by atoms with Crippen molar-refractivity contribution >= 4 is 17.2 Å². The molecule has 2 rings (SSSR count). The van der Waals surface area contributed by atoms with E-state index in [-0.39, 0.29) is 0 Å². The number of imidazole rings is 1. The van der Waals surface area contributed by atoms with Gasteiger partial charge in [0.15, 0.2) is 10.8 Å². The van der Waals surface area contributed by atoms with E-state index in [0.717, 1.165) is 23.5 Å². The smallest absolute Gasteiger partial charge is 0.175 e. The highest BCUT2D eigenvalue weighted by Crippen LogP contribution is 2.15. The second-order valence-corrected chi connectivity index (χ2v) is 3.35. The van der Waals surface area contributed by atoms with E-state index in [4.69, 9.17) is 11.6 Å². The molecule has 0 amide bonds. The normalized spacial score (nSPS) is 11.0. The lowest BCUT2D eigenvalue weighted by molar-refractivity contribution is 0.981. The lowest BCUT2D eigenvalue weighted by atomic mass is 10.3. The summed E-state index contributed by atoms with van der Waals surface area (Å²) in [5.41, 5.74) is 2.67. The molecule has 0 spiro atoms. The van der Waals surface area contributed by atoms with Crippen molar-refractivity contribution in [2.45, 2.75) is 20.3 Å². The topological polar surface area (TPSA) is 30.2 Å². The van der Waals surface area contributed by atoms with Gasteiger partial charge in [-0.15, -0.1) is 0 Å². The predicted molar refractivity (Wildman–Crippen MR) is 52.1 cm³/mol. The molecular weight excluding hydrogens is 186 g/mol. The van der Waals surface area contributed by atoms with Gasteiger partial charge in [-0.25, -0.2) is 9.97 Å². The Morgan fingerprint density at radius 3 is 2.85 bits per heavy atom. The first kappa shape index (κ1) is 8.51. The van der Waals surface area contributed by atoms with Crippen molar-refractivity contribution in [2.75, 3.05) is 0 Å². The third-order valence-electron chi connectivity index (χ3n) is 1.93. The van der Waals surface area contributed by atoms with Crippen LogP contribution in [-0.4, -0.2) is 14.4 Å². The van der Waals surface area contributed by atoms with Crippen molar-refractivity contribution < 1.29 is 0 Å². The van der Waals surface area contributed by atoms with Crippen LogP contribution in [0.25, 0.3) is 5.65 Å². The van der Waals surface area contributed by atoms with Gasteiger partial charge in [-0.2, -0.15) is 0 Å². The third kappa shape index (κ3) is 1.40. The van der Waals surface area contributed by atoms with Gasteiger partial charge in [-0.05, 0) is 13.3 Å². The number of aryl methyl sites for hydroxylation is 2. The molecule has 13 heavy (non-hydrogen) atoms. The molecule has 2 aromatic rings. The molecule has 4 heteroatoms. The number of hydrogen-bond acceptors (Lipinski definition) is 2. The van der Waals surface area contributed by atoms with Crippen LogP contribution in [-0.2, 0) is 6.42 Å². The minimum absolute atomic E-state index is 0.479. The molecule has 68 valence electrons. The van der Waals surface area contributed by atoms with Gasteiger partial charge in [0, 0.05) is 12.4 Å². The number of fused-ring (bicyclic) bond motifs is 1. The predicted octanol–water partition coefficient (Wildman–Crippen LogP) is 2.25. The summed E-state index contributed by atoms with van der Waals surface area (Å²) in [7, 11) is 0. The summed E-state index contributed by atoms with van der Waals surface area (Å²) in [6, 6.07) is 0. The van der Waals surface area contributed by atoms with E-state index in [1.807, 2.05) is 30.6 Å². The van der Waals surface area contributed by atoms with Gasteiger partial charge in [0.05, 0.1) is 11.4 Å². The minimum atomic E-state index is 0.479. The average molecular weight is 196 g/mol. The Hall–Kier alpha value is -1.09. The van der Waals surface area contributed by atoms with Crippen LogP contribution < -0.4 is 0 Å². The molecule has 0 radical (unpaired) electrons. The summed E-state index contributed by atoms with van der Waals surface area (Å²) in [4.78, 5) is 8.47. The molecule has 0 aliphatic rings.